The number of furan rings is 1. The molecule has 1 amide bonds. The van der Waals surface area contributed by atoms with Gasteiger partial charge in [-0.1, -0.05) is 0 Å². The van der Waals surface area contributed by atoms with Crippen LogP contribution < -0.4 is 5.73 Å². The van der Waals surface area contributed by atoms with Crippen molar-refractivity contribution in [3.8, 4) is 0 Å². The van der Waals surface area contributed by atoms with Crippen LogP contribution in [0.1, 0.15) is 35.4 Å². The second-order valence-electron chi connectivity index (χ2n) is 4.90. The van der Waals surface area contributed by atoms with Crippen LogP contribution >= 0.6 is 0 Å². The molecule has 5 heteroatoms. The molecule has 1 saturated heterocycles. The number of hydrogen-bond acceptors (Lipinski definition) is 4. The summed E-state index contributed by atoms with van der Waals surface area (Å²) in [5.74, 6) is 0.748. The zero-order valence-electron chi connectivity index (χ0n) is 11.4. The van der Waals surface area contributed by atoms with E-state index in [2.05, 4.69) is 0 Å². The number of ether oxygens (including phenoxy) is 1. The molecule has 106 valence electrons. The van der Waals surface area contributed by atoms with Crippen LogP contribution in [0.2, 0.25) is 0 Å². The molecule has 1 fully saturated rings. The minimum absolute atomic E-state index is 0.0617. The maximum Gasteiger partial charge on any atom is 0.257 e. The van der Waals surface area contributed by atoms with Gasteiger partial charge in [0.2, 0.25) is 0 Å². The number of carbonyl (C=O) groups excluding carboxylic acids is 1. The molecule has 0 bridgehead atoms. The molecule has 19 heavy (non-hydrogen) atoms. The Hall–Kier alpha value is -1.33. The fraction of sp³-hybridized carbons (Fsp3) is 0.643. The molecule has 1 aliphatic heterocycles. The van der Waals surface area contributed by atoms with Gasteiger partial charge in [-0.2, -0.15) is 0 Å². The van der Waals surface area contributed by atoms with Crippen LogP contribution in [0.3, 0.4) is 0 Å². The number of rotatable bonds is 5. The molecule has 1 aliphatic rings. The van der Waals surface area contributed by atoms with E-state index >= 15 is 0 Å². The predicted octanol–water partition coefficient (Wildman–Crippen LogP) is 1.56. The first-order valence-electron chi connectivity index (χ1n) is 6.87. The van der Waals surface area contributed by atoms with E-state index in [-0.39, 0.29) is 12.0 Å². The monoisotopic (exact) mass is 266 g/mol. The Labute approximate surface area is 113 Å². The smallest absolute Gasteiger partial charge is 0.257 e. The number of likely N-dealkylation sites (tertiary alicyclic amines) is 1. The summed E-state index contributed by atoms with van der Waals surface area (Å²) >= 11 is 0. The molecule has 0 atom stereocenters. The van der Waals surface area contributed by atoms with Gasteiger partial charge >= 0.3 is 0 Å². The van der Waals surface area contributed by atoms with E-state index in [0.717, 1.165) is 39.0 Å². The molecule has 2 rings (SSSR count). The highest BCUT2D eigenvalue weighted by molar-refractivity contribution is 5.95. The van der Waals surface area contributed by atoms with E-state index in [0.29, 0.717) is 17.9 Å². The molecule has 0 unspecified atom stereocenters. The average Bonchev–Trinajstić information content (AvgIpc) is 2.85. The van der Waals surface area contributed by atoms with E-state index < -0.39 is 0 Å². The second-order valence-corrected chi connectivity index (χ2v) is 4.90. The number of piperidine rings is 1. The molecule has 1 aromatic heterocycles. The van der Waals surface area contributed by atoms with Crippen LogP contribution in [0.25, 0.3) is 0 Å². The SMILES string of the molecule is Cc1occc1C(=O)N1CCC(OCCCN)CC1. The van der Waals surface area contributed by atoms with Crippen molar-refractivity contribution in [2.45, 2.75) is 32.3 Å². The lowest BCUT2D eigenvalue weighted by atomic mass is 10.1. The Bertz CT molecular complexity index is 409. The topological polar surface area (TPSA) is 68.7 Å². The summed E-state index contributed by atoms with van der Waals surface area (Å²) in [5.41, 5.74) is 6.10. The highest BCUT2D eigenvalue weighted by atomic mass is 16.5. The standard InChI is InChI=1S/C14H22N2O3/c1-11-13(5-10-18-11)14(17)16-7-3-12(4-8-16)19-9-2-6-15/h5,10,12H,2-4,6-9,15H2,1H3. The van der Waals surface area contributed by atoms with Gasteiger partial charge in [-0.05, 0) is 38.8 Å². The normalized spacial score (nSPS) is 16.8. The van der Waals surface area contributed by atoms with Crippen molar-refractivity contribution in [3.05, 3.63) is 23.7 Å². The summed E-state index contributed by atoms with van der Waals surface area (Å²) in [6, 6.07) is 1.74. The van der Waals surface area contributed by atoms with Crippen LogP contribution in [-0.4, -0.2) is 43.2 Å². The molecule has 0 aromatic carbocycles. The fourth-order valence-corrected chi connectivity index (χ4v) is 2.34. The highest BCUT2D eigenvalue weighted by Crippen LogP contribution is 2.18. The summed E-state index contributed by atoms with van der Waals surface area (Å²) in [5, 5.41) is 0. The molecular formula is C14H22N2O3. The maximum atomic E-state index is 12.3. The Morgan fingerprint density at radius 3 is 2.84 bits per heavy atom. The van der Waals surface area contributed by atoms with Crippen LogP contribution in [-0.2, 0) is 4.74 Å². The van der Waals surface area contributed by atoms with E-state index in [9.17, 15) is 4.79 Å². The molecule has 5 nitrogen and oxygen atoms in total. The van der Waals surface area contributed by atoms with Crippen LogP contribution in [0.4, 0.5) is 0 Å². The van der Waals surface area contributed by atoms with Gasteiger partial charge in [0.1, 0.15) is 5.76 Å². The lowest BCUT2D eigenvalue weighted by molar-refractivity contribution is 0.00841. The number of nitrogens with two attached hydrogens (primary N) is 1. The Morgan fingerprint density at radius 2 is 2.26 bits per heavy atom. The average molecular weight is 266 g/mol. The Morgan fingerprint density at radius 1 is 1.53 bits per heavy atom. The van der Waals surface area contributed by atoms with Gasteiger partial charge in [-0.3, -0.25) is 4.79 Å². The van der Waals surface area contributed by atoms with Crippen LogP contribution in [0.5, 0.6) is 0 Å². The van der Waals surface area contributed by atoms with Crippen molar-refractivity contribution in [3.63, 3.8) is 0 Å². The quantitative estimate of drug-likeness (QED) is 0.821. The maximum absolute atomic E-state index is 12.3. The Kier molecular flexibility index (Phi) is 4.99. The van der Waals surface area contributed by atoms with Gasteiger partial charge in [0.25, 0.3) is 5.91 Å². The number of nitrogens with zero attached hydrogens (tertiary/aromatic N) is 1. The Balaban J connectivity index is 1.80. The molecule has 2 N–H and O–H groups in total. The zero-order chi connectivity index (χ0) is 13.7. The number of carbonyl (C=O) groups is 1. The third-order valence-corrected chi connectivity index (χ3v) is 3.52. The number of aryl methyl sites for hydroxylation is 1. The lowest BCUT2D eigenvalue weighted by Gasteiger charge is -2.31. The van der Waals surface area contributed by atoms with E-state index in [4.69, 9.17) is 14.9 Å². The largest absolute Gasteiger partial charge is 0.469 e. The van der Waals surface area contributed by atoms with Gasteiger partial charge in [0, 0.05) is 19.7 Å². The molecule has 0 aliphatic carbocycles. The molecular weight excluding hydrogens is 244 g/mol. The third-order valence-electron chi connectivity index (χ3n) is 3.52. The van der Waals surface area contributed by atoms with Gasteiger partial charge in [-0.25, -0.2) is 0 Å². The van der Waals surface area contributed by atoms with Gasteiger partial charge < -0.3 is 19.8 Å². The van der Waals surface area contributed by atoms with Crippen molar-refractivity contribution in [2.75, 3.05) is 26.2 Å². The third kappa shape index (κ3) is 3.58. The van der Waals surface area contributed by atoms with Crippen molar-refractivity contribution in [1.29, 1.82) is 0 Å². The first-order valence-corrected chi connectivity index (χ1v) is 6.87. The summed E-state index contributed by atoms with van der Waals surface area (Å²) in [7, 11) is 0. The number of amides is 1. The zero-order valence-corrected chi connectivity index (χ0v) is 11.4. The first kappa shape index (κ1) is 14.1. The van der Waals surface area contributed by atoms with Crippen molar-refractivity contribution >= 4 is 5.91 Å². The summed E-state index contributed by atoms with van der Waals surface area (Å²) in [6.45, 7) is 4.69. The second kappa shape index (κ2) is 6.73. The molecule has 0 spiro atoms. The van der Waals surface area contributed by atoms with Crippen molar-refractivity contribution < 1.29 is 13.9 Å². The van der Waals surface area contributed by atoms with Crippen molar-refractivity contribution in [1.82, 2.24) is 4.90 Å². The number of hydrogen-bond donors (Lipinski definition) is 1. The van der Waals surface area contributed by atoms with E-state index in [1.807, 2.05) is 11.8 Å². The summed E-state index contributed by atoms with van der Waals surface area (Å²) in [4.78, 5) is 14.1. The molecule has 2 heterocycles. The summed E-state index contributed by atoms with van der Waals surface area (Å²) < 4.78 is 10.9. The van der Waals surface area contributed by atoms with Gasteiger partial charge in [0.15, 0.2) is 0 Å². The van der Waals surface area contributed by atoms with Gasteiger partial charge in [-0.15, -0.1) is 0 Å². The lowest BCUT2D eigenvalue weighted by Crippen LogP contribution is -2.41. The fourth-order valence-electron chi connectivity index (χ4n) is 2.34. The minimum atomic E-state index is 0.0617. The molecule has 0 radical (unpaired) electrons. The van der Waals surface area contributed by atoms with Crippen molar-refractivity contribution in [2.24, 2.45) is 5.73 Å². The highest BCUT2D eigenvalue weighted by Gasteiger charge is 2.25. The van der Waals surface area contributed by atoms with Crippen LogP contribution in [0, 0.1) is 6.92 Å². The molecule has 0 saturated carbocycles. The van der Waals surface area contributed by atoms with Gasteiger partial charge in [0.05, 0.1) is 17.9 Å². The predicted molar refractivity (Wildman–Crippen MR) is 72.0 cm³/mol. The van der Waals surface area contributed by atoms with Crippen LogP contribution in [0.15, 0.2) is 16.7 Å². The van der Waals surface area contributed by atoms with E-state index in [1.54, 1.807) is 12.3 Å². The molecule has 1 aromatic rings. The first-order chi connectivity index (χ1) is 9.22. The minimum Gasteiger partial charge on any atom is -0.469 e. The van der Waals surface area contributed by atoms with E-state index in [1.165, 1.54) is 0 Å². The summed E-state index contributed by atoms with van der Waals surface area (Å²) in [6.07, 6.45) is 4.51.